The van der Waals surface area contributed by atoms with E-state index in [1.54, 1.807) is 25.3 Å². The number of nitrogens with zero attached hydrogens (tertiary/aromatic N) is 4. The third-order valence-electron chi connectivity index (χ3n) is 3.89. The lowest BCUT2D eigenvalue weighted by Gasteiger charge is -2.06. The Balaban J connectivity index is 1.66. The average Bonchev–Trinajstić information content (AvgIpc) is 2.99. The number of hydrogen-bond acceptors (Lipinski definition) is 6. The molecular formula is C14H19N5O2S. The Bertz CT molecular complexity index is 683. The van der Waals surface area contributed by atoms with Gasteiger partial charge >= 0.3 is 5.69 Å². The molecule has 0 atom stereocenters. The van der Waals surface area contributed by atoms with Crippen molar-refractivity contribution in [3.05, 3.63) is 31.4 Å². The molecule has 1 aliphatic rings. The van der Waals surface area contributed by atoms with Gasteiger partial charge in [-0.2, -0.15) is 5.10 Å². The van der Waals surface area contributed by atoms with Crippen molar-refractivity contribution in [3.63, 3.8) is 0 Å². The molecule has 2 heterocycles. The van der Waals surface area contributed by atoms with Crippen LogP contribution in [0.15, 0.2) is 0 Å². The zero-order chi connectivity index (χ0) is 15.7. The Morgan fingerprint density at radius 3 is 2.91 bits per heavy atom. The highest BCUT2D eigenvalue weighted by Crippen LogP contribution is 2.28. The molecule has 0 saturated carbocycles. The number of aromatic nitrogens is 3. The lowest BCUT2D eigenvalue weighted by atomic mass is 10.0. The number of fused-ring (bicyclic) bond motifs is 1. The van der Waals surface area contributed by atoms with E-state index in [1.165, 1.54) is 28.1 Å². The van der Waals surface area contributed by atoms with Crippen molar-refractivity contribution in [1.82, 2.24) is 14.8 Å². The predicted molar refractivity (Wildman–Crippen MR) is 85.5 cm³/mol. The summed E-state index contributed by atoms with van der Waals surface area (Å²) in [6, 6.07) is 0. The average molecular weight is 321 g/mol. The SMILES string of the molecule is Cc1nn(C)c(NCCc2nc3c(s2)CCCC3)c1[N+](=O)[O-]. The largest absolute Gasteiger partial charge is 0.364 e. The van der Waals surface area contributed by atoms with Crippen LogP contribution in [0.3, 0.4) is 0 Å². The van der Waals surface area contributed by atoms with Gasteiger partial charge in [-0.1, -0.05) is 0 Å². The first-order valence-corrected chi connectivity index (χ1v) is 8.27. The molecule has 118 valence electrons. The molecule has 8 heteroatoms. The van der Waals surface area contributed by atoms with Gasteiger partial charge in [-0.25, -0.2) is 9.67 Å². The van der Waals surface area contributed by atoms with E-state index in [0.29, 0.717) is 18.1 Å². The van der Waals surface area contributed by atoms with Crippen LogP contribution in [0.25, 0.3) is 0 Å². The first-order chi connectivity index (χ1) is 10.6. The van der Waals surface area contributed by atoms with Crippen molar-refractivity contribution in [1.29, 1.82) is 0 Å². The molecule has 0 aromatic carbocycles. The van der Waals surface area contributed by atoms with Gasteiger partial charge in [0.25, 0.3) is 0 Å². The third-order valence-corrected chi connectivity index (χ3v) is 5.11. The minimum atomic E-state index is -0.382. The molecule has 3 rings (SSSR count). The molecule has 0 bridgehead atoms. The van der Waals surface area contributed by atoms with Crippen LogP contribution in [0.1, 0.15) is 34.1 Å². The summed E-state index contributed by atoms with van der Waals surface area (Å²) in [5.41, 5.74) is 1.74. The van der Waals surface area contributed by atoms with Gasteiger partial charge in [-0.3, -0.25) is 10.1 Å². The zero-order valence-corrected chi connectivity index (χ0v) is 13.6. The Kier molecular flexibility index (Phi) is 4.10. The molecule has 22 heavy (non-hydrogen) atoms. The maximum absolute atomic E-state index is 11.1. The second-order valence-electron chi connectivity index (χ2n) is 5.52. The lowest BCUT2D eigenvalue weighted by Crippen LogP contribution is -2.10. The molecule has 0 aliphatic heterocycles. The molecule has 7 nitrogen and oxygen atoms in total. The molecule has 1 aliphatic carbocycles. The van der Waals surface area contributed by atoms with Gasteiger partial charge in [0.15, 0.2) is 0 Å². The van der Waals surface area contributed by atoms with Crippen molar-refractivity contribution in [2.45, 2.75) is 39.0 Å². The number of anilines is 1. The number of thiazole rings is 1. The van der Waals surface area contributed by atoms with Crippen molar-refractivity contribution >= 4 is 22.8 Å². The van der Waals surface area contributed by atoms with Gasteiger partial charge in [0.2, 0.25) is 5.82 Å². The van der Waals surface area contributed by atoms with Gasteiger partial charge in [-0.15, -0.1) is 11.3 Å². The van der Waals surface area contributed by atoms with Crippen LogP contribution in [0.5, 0.6) is 0 Å². The zero-order valence-electron chi connectivity index (χ0n) is 12.8. The maximum atomic E-state index is 11.1. The molecule has 1 N–H and O–H groups in total. The van der Waals surface area contributed by atoms with Crippen LogP contribution in [0.4, 0.5) is 11.5 Å². The minimum absolute atomic E-state index is 0.0564. The van der Waals surface area contributed by atoms with Gasteiger partial charge < -0.3 is 5.32 Å². The van der Waals surface area contributed by atoms with Crippen LogP contribution in [-0.4, -0.2) is 26.2 Å². The van der Waals surface area contributed by atoms with Gasteiger partial charge in [0.05, 0.1) is 15.6 Å². The molecule has 2 aromatic heterocycles. The normalized spacial score (nSPS) is 13.9. The highest BCUT2D eigenvalue weighted by atomic mass is 32.1. The fourth-order valence-corrected chi connectivity index (χ4v) is 4.02. The van der Waals surface area contributed by atoms with E-state index in [4.69, 9.17) is 0 Å². The van der Waals surface area contributed by atoms with Crippen LogP contribution in [-0.2, 0) is 26.3 Å². The highest BCUT2D eigenvalue weighted by molar-refractivity contribution is 7.11. The van der Waals surface area contributed by atoms with Crippen LogP contribution < -0.4 is 5.32 Å². The van der Waals surface area contributed by atoms with Crippen molar-refractivity contribution in [3.8, 4) is 0 Å². The van der Waals surface area contributed by atoms with Gasteiger partial charge in [0.1, 0.15) is 5.69 Å². The number of rotatable bonds is 5. The number of aryl methyl sites for hydroxylation is 4. The molecule has 0 saturated heterocycles. The number of hydrogen-bond donors (Lipinski definition) is 1. The van der Waals surface area contributed by atoms with Crippen molar-refractivity contribution in [2.24, 2.45) is 7.05 Å². The van der Waals surface area contributed by atoms with Crippen LogP contribution in [0, 0.1) is 17.0 Å². The molecular weight excluding hydrogens is 302 g/mol. The molecule has 0 amide bonds. The van der Waals surface area contributed by atoms with Crippen molar-refractivity contribution in [2.75, 3.05) is 11.9 Å². The first kappa shape index (κ1) is 15.0. The summed E-state index contributed by atoms with van der Waals surface area (Å²) in [7, 11) is 1.71. The van der Waals surface area contributed by atoms with E-state index in [9.17, 15) is 10.1 Å². The summed E-state index contributed by atoms with van der Waals surface area (Å²) in [4.78, 5) is 16.9. The number of nitrogens with one attached hydrogen (secondary N) is 1. The van der Waals surface area contributed by atoms with Crippen LogP contribution in [0.2, 0.25) is 0 Å². The highest BCUT2D eigenvalue weighted by Gasteiger charge is 2.23. The van der Waals surface area contributed by atoms with E-state index in [2.05, 4.69) is 15.4 Å². The van der Waals surface area contributed by atoms with E-state index in [1.807, 2.05) is 0 Å². The fourth-order valence-electron chi connectivity index (χ4n) is 2.86. The standard InChI is InChI=1S/C14H19N5O2S/c1-9-13(19(20)21)14(18(2)17-9)15-8-7-12-16-10-5-3-4-6-11(10)22-12/h15H,3-8H2,1-2H3. The van der Waals surface area contributed by atoms with Gasteiger partial charge in [-0.05, 0) is 32.6 Å². The second-order valence-corrected chi connectivity index (χ2v) is 6.69. The molecule has 0 fully saturated rings. The topological polar surface area (TPSA) is 85.9 Å². The molecule has 0 unspecified atom stereocenters. The molecule has 0 radical (unpaired) electrons. The summed E-state index contributed by atoms with van der Waals surface area (Å²) in [5, 5.41) is 19.5. The van der Waals surface area contributed by atoms with E-state index in [-0.39, 0.29) is 10.6 Å². The summed E-state index contributed by atoms with van der Waals surface area (Å²) in [6.45, 7) is 2.27. The first-order valence-electron chi connectivity index (χ1n) is 7.45. The van der Waals surface area contributed by atoms with E-state index < -0.39 is 0 Å². The van der Waals surface area contributed by atoms with Crippen LogP contribution >= 0.6 is 11.3 Å². The molecule has 0 spiro atoms. The Morgan fingerprint density at radius 2 is 2.18 bits per heavy atom. The summed E-state index contributed by atoms with van der Waals surface area (Å²) < 4.78 is 1.53. The van der Waals surface area contributed by atoms with E-state index >= 15 is 0 Å². The Labute approximate surface area is 132 Å². The summed E-state index contributed by atoms with van der Waals surface area (Å²) in [5.74, 6) is 0.462. The monoisotopic (exact) mass is 321 g/mol. The smallest absolute Gasteiger partial charge is 0.333 e. The number of nitro groups is 1. The summed E-state index contributed by atoms with van der Waals surface area (Å²) >= 11 is 1.78. The lowest BCUT2D eigenvalue weighted by molar-refractivity contribution is -0.384. The Morgan fingerprint density at radius 1 is 1.41 bits per heavy atom. The fraction of sp³-hybridized carbons (Fsp3) is 0.571. The van der Waals surface area contributed by atoms with Crippen molar-refractivity contribution < 1.29 is 4.92 Å². The second kappa shape index (κ2) is 6.04. The maximum Gasteiger partial charge on any atom is 0.333 e. The molecule has 2 aromatic rings. The Hall–Kier alpha value is -1.96. The van der Waals surface area contributed by atoms with E-state index in [0.717, 1.165) is 24.3 Å². The van der Waals surface area contributed by atoms with Gasteiger partial charge in [0, 0.05) is 24.9 Å². The summed E-state index contributed by atoms with van der Waals surface area (Å²) in [6.07, 6.45) is 5.50. The quantitative estimate of drug-likeness (QED) is 0.676. The minimum Gasteiger partial charge on any atom is -0.364 e. The third kappa shape index (κ3) is 2.83. The predicted octanol–water partition coefficient (Wildman–Crippen LogP) is 2.63.